The Morgan fingerprint density at radius 3 is 2.37 bits per heavy atom. The summed E-state index contributed by atoms with van der Waals surface area (Å²) >= 11 is 1.83. The van der Waals surface area contributed by atoms with Gasteiger partial charge in [0, 0.05) is 15.3 Å². The van der Waals surface area contributed by atoms with Gasteiger partial charge in [-0.3, -0.25) is 0 Å². The third kappa shape index (κ3) is 2.67. The number of aryl methyl sites for hydroxylation is 2. The zero-order valence-electron chi connectivity index (χ0n) is 12.2. The normalized spacial score (nSPS) is 12.5. The molecule has 1 heterocycles. The number of ether oxygens (including phenoxy) is 1. The quantitative estimate of drug-likeness (QED) is 0.911. The molecule has 0 spiro atoms. The molecule has 0 saturated carbocycles. The van der Waals surface area contributed by atoms with Crippen molar-refractivity contribution in [3.8, 4) is 5.75 Å². The van der Waals surface area contributed by atoms with Crippen molar-refractivity contribution < 1.29 is 4.74 Å². The van der Waals surface area contributed by atoms with E-state index in [0.29, 0.717) is 0 Å². The first-order chi connectivity index (χ1) is 9.08. The molecular weight excluding hydrogens is 254 g/mol. The molecule has 2 nitrogen and oxygen atoms in total. The number of methoxy groups -OCH3 is 1. The zero-order valence-corrected chi connectivity index (χ0v) is 13.0. The van der Waals surface area contributed by atoms with E-state index >= 15 is 0 Å². The van der Waals surface area contributed by atoms with Gasteiger partial charge in [0.2, 0.25) is 0 Å². The van der Waals surface area contributed by atoms with E-state index in [1.807, 2.05) is 18.4 Å². The minimum absolute atomic E-state index is 0.188. The lowest BCUT2D eigenvalue weighted by Crippen LogP contribution is -2.17. The van der Waals surface area contributed by atoms with Gasteiger partial charge in [-0.1, -0.05) is 12.1 Å². The molecule has 2 aromatic rings. The monoisotopic (exact) mass is 275 g/mol. The molecule has 1 aromatic heterocycles. The number of hydrogen-bond acceptors (Lipinski definition) is 3. The van der Waals surface area contributed by atoms with Gasteiger partial charge in [0.15, 0.2) is 0 Å². The standard InChI is InChI=1S/C16H21NOS/c1-10-6-8-13(16(18-5)12(10)3)15(17-4)14-9-7-11(2)19-14/h6-9,15,17H,1-5H3. The number of rotatable bonds is 4. The highest BCUT2D eigenvalue weighted by molar-refractivity contribution is 7.12. The van der Waals surface area contributed by atoms with Gasteiger partial charge >= 0.3 is 0 Å². The predicted molar refractivity (Wildman–Crippen MR) is 82.4 cm³/mol. The first-order valence-corrected chi connectivity index (χ1v) is 7.27. The van der Waals surface area contributed by atoms with Gasteiger partial charge in [-0.05, 0) is 51.1 Å². The third-order valence-electron chi connectivity index (χ3n) is 3.56. The van der Waals surface area contributed by atoms with E-state index in [1.54, 1.807) is 7.11 Å². The highest BCUT2D eigenvalue weighted by Gasteiger charge is 2.19. The molecule has 1 atom stereocenters. The van der Waals surface area contributed by atoms with Crippen LogP contribution in [0.1, 0.15) is 32.5 Å². The van der Waals surface area contributed by atoms with Gasteiger partial charge in [-0.25, -0.2) is 0 Å². The molecule has 0 amide bonds. The second-order valence-electron chi connectivity index (χ2n) is 4.80. The van der Waals surface area contributed by atoms with Crippen LogP contribution >= 0.6 is 11.3 Å². The third-order valence-corrected chi connectivity index (χ3v) is 4.62. The molecule has 0 fully saturated rings. The fraction of sp³-hybridized carbons (Fsp3) is 0.375. The molecule has 1 N–H and O–H groups in total. The van der Waals surface area contributed by atoms with Crippen LogP contribution in [0.2, 0.25) is 0 Å². The Hall–Kier alpha value is -1.32. The minimum Gasteiger partial charge on any atom is -0.496 e. The lowest BCUT2D eigenvalue weighted by Gasteiger charge is -2.20. The van der Waals surface area contributed by atoms with Crippen molar-refractivity contribution in [2.75, 3.05) is 14.2 Å². The lowest BCUT2D eigenvalue weighted by atomic mass is 9.98. The Balaban J connectivity index is 2.52. The van der Waals surface area contributed by atoms with E-state index < -0.39 is 0 Å². The number of nitrogens with one attached hydrogen (secondary N) is 1. The minimum atomic E-state index is 0.188. The van der Waals surface area contributed by atoms with Crippen LogP contribution in [0.25, 0.3) is 0 Å². The summed E-state index contributed by atoms with van der Waals surface area (Å²) in [5.41, 5.74) is 3.68. The second kappa shape index (κ2) is 5.76. The van der Waals surface area contributed by atoms with E-state index in [2.05, 4.69) is 50.4 Å². The summed E-state index contributed by atoms with van der Waals surface area (Å²) in [5, 5.41) is 3.40. The maximum atomic E-state index is 5.63. The molecule has 0 radical (unpaired) electrons. The van der Waals surface area contributed by atoms with Crippen molar-refractivity contribution in [1.82, 2.24) is 5.32 Å². The lowest BCUT2D eigenvalue weighted by molar-refractivity contribution is 0.402. The van der Waals surface area contributed by atoms with Crippen molar-refractivity contribution in [3.63, 3.8) is 0 Å². The first-order valence-electron chi connectivity index (χ1n) is 6.46. The van der Waals surface area contributed by atoms with Gasteiger partial charge < -0.3 is 10.1 Å². The zero-order chi connectivity index (χ0) is 14.0. The molecule has 1 unspecified atom stereocenters. The first kappa shape index (κ1) is 14.1. The largest absolute Gasteiger partial charge is 0.496 e. The Labute approximate surface area is 119 Å². The topological polar surface area (TPSA) is 21.3 Å². The van der Waals surface area contributed by atoms with Crippen molar-refractivity contribution >= 4 is 11.3 Å². The number of thiophene rings is 1. The van der Waals surface area contributed by atoms with Crippen LogP contribution in [0.3, 0.4) is 0 Å². The highest BCUT2D eigenvalue weighted by Crippen LogP contribution is 2.36. The predicted octanol–water partition coefficient (Wildman–Crippen LogP) is 3.99. The van der Waals surface area contributed by atoms with Gasteiger partial charge in [-0.2, -0.15) is 0 Å². The summed E-state index contributed by atoms with van der Waals surface area (Å²) < 4.78 is 5.63. The molecule has 102 valence electrons. The van der Waals surface area contributed by atoms with E-state index in [1.165, 1.54) is 26.4 Å². The van der Waals surface area contributed by atoms with Crippen LogP contribution in [0.15, 0.2) is 24.3 Å². The Morgan fingerprint density at radius 2 is 1.84 bits per heavy atom. The average Bonchev–Trinajstić information content (AvgIpc) is 2.81. The van der Waals surface area contributed by atoms with Crippen LogP contribution in [-0.2, 0) is 0 Å². The van der Waals surface area contributed by atoms with E-state index in [0.717, 1.165) is 5.75 Å². The summed E-state index contributed by atoms with van der Waals surface area (Å²) in [6.45, 7) is 6.37. The Bertz CT molecular complexity index is 574. The molecular formula is C16H21NOS. The maximum Gasteiger partial charge on any atom is 0.127 e. The molecule has 0 aliphatic carbocycles. The van der Waals surface area contributed by atoms with Crippen LogP contribution in [0.5, 0.6) is 5.75 Å². The molecule has 0 saturated heterocycles. The maximum absolute atomic E-state index is 5.63. The molecule has 2 rings (SSSR count). The van der Waals surface area contributed by atoms with Crippen molar-refractivity contribution in [2.24, 2.45) is 0 Å². The van der Waals surface area contributed by atoms with Crippen molar-refractivity contribution in [3.05, 3.63) is 50.7 Å². The summed E-state index contributed by atoms with van der Waals surface area (Å²) in [4.78, 5) is 2.65. The van der Waals surface area contributed by atoms with E-state index in [9.17, 15) is 0 Å². The van der Waals surface area contributed by atoms with E-state index in [4.69, 9.17) is 4.74 Å². The fourth-order valence-corrected chi connectivity index (χ4v) is 3.38. The second-order valence-corrected chi connectivity index (χ2v) is 6.12. The summed E-state index contributed by atoms with van der Waals surface area (Å²) in [5.74, 6) is 0.991. The van der Waals surface area contributed by atoms with Gasteiger partial charge in [-0.15, -0.1) is 11.3 Å². The summed E-state index contributed by atoms with van der Waals surface area (Å²) in [6, 6.07) is 8.87. The summed E-state index contributed by atoms with van der Waals surface area (Å²) in [7, 11) is 3.74. The van der Waals surface area contributed by atoms with Crippen molar-refractivity contribution in [1.29, 1.82) is 0 Å². The SMILES string of the molecule is CNC(c1ccc(C)s1)c1ccc(C)c(C)c1OC. The van der Waals surface area contributed by atoms with Gasteiger partial charge in [0.1, 0.15) is 5.75 Å². The smallest absolute Gasteiger partial charge is 0.127 e. The average molecular weight is 275 g/mol. The van der Waals surface area contributed by atoms with Crippen LogP contribution in [0, 0.1) is 20.8 Å². The van der Waals surface area contributed by atoms with Gasteiger partial charge in [0.05, 0.1) is 13.2 Å². The number of hydrogen-bond donors (Lipinski definition) is 1. The summed E-state index contributed by atoms with van der Waals surface area (Å²) in [6.07, 6.45) is 0. The van der Waals surface area contributed by atoms with Crippen molar-refractivity contribution in [2.45, 2.75) is 26.8 Å². The van der Waals surface area contributed by atoms with Crippen LogP contribution in [0.4, 0.5) is 0 Å². The Morgan fingerprint density at radius 1 is 1.11 bits per heavy atom. The molecule has 0 bridgehead atoms. The fourth-order valence-electron chi connectivity index (χ4n) is 2.37. The molecule has 0 aliphatic heterocycles. The molecule has 19 heavy (non-hydrogen) atoms. The van der Waals surface area contributed by atoms with Crippen LogP contribution in [-0.4, -0.2) is 14.2 Å². The molecule has 3 heteroatoms. The Kier molecular flexibility index (Phi) is 4.27. The molecule has 0 aliphatic rings. The van der Waals surface area contributed by atoms with Gasteiger partial charge in [0.25, 0.3) is 0 Å². The van der Waals surface area contributed by atoms with Crippen LogP contribution < -0.4 is 10.1 Å². The number of benzene rings is 1. The van der Waals surface area contributed by atoms with E-state index in [-0.39, 0.29) is 6.04 Å². The highest BCUT2D eigenvalue weighted by atomic mass is 32.1. The molecule has 1 aromatic carbocycles.